The van der Waals surface area contributed by atoms with Gasteiger partial charge >= 0.3 is 0 Å². The number of nitrogens with one attached hydrogen (secondary N) is 2. The van der Waals surface area contributed by atoms with Gasteiger partial charge in [-0.25, -0.2) is 0 Å². The Labute approximate surface area is 129 Å². The van der Waals surface area contributed by atoms with E-state index in [1.165, 1.54) is 11.8 Å². The van der Waals surface area contributed by atoms with Gasteiger partial charge in [0.05, 0.1) is 6.54 Å². The van der Waals surface area contributed by atoms with Crippen molar-refractivity contribution in [1.29, 1.82) is 0 Å². The van der Waals surface area contributed by atoms with E-state index < -0.39 is 11.7 Å². The molecule has 0 radical (unpaired) electrons. The highest BCUT2D eigenvalue weighted by atomic mass is 16.2. The van der Waals surface area contributed by atoms with Crippen molar-refractivity contribution >= 4 is 17.6 Å². The van der Waals surface area contributed by atoms with Crippen LogP contribution in [0.15, 0.2) is 0 Å². The minimum atomic E-state index is -0.516. The third-order valence-electron chi connectivity index (χ3n) is 4.04. The Morgan fingerprint density at radius 3 is 2.77 bits per heavy atom. The molecule has 0 fully saturated rings. The van der Waals surface area contributed by atoms with Crippen molar-refractivity contribution in [2.75, 3.05) is 13.1 Å². The van der Waals surface area contributed by atoms with Gasteiger partial charge in [0.2, 0.25) is 5.78 Å². The second kappa shape index (κ2) is 6.72. The molecule has 1 aromatic heterocycles. The molecule has 2 amide bonds. The number of aromatic nitrogens is 2. The normalized spacial score (nSPS) is 15.1. The highest BCUT2D eigenvalue weighted by Crippen LogP contribution is 2.20. The summed E-state index contributed by atoms with van der Waals surface area (Å²) in [5.41, 5.74) is 1.89. The number of amides is 2. The molecule has 0 aromatic carbocycles. The fraction of sp³-hybridized carbons (Fsp3) is 0.600. The van der Waals surface area contributed by atoms with Crippen LogP contribution in [-0.4, -0.2) is 45.8 Å². The van der Waals surface area contributed by atoms with Gasteiger partial charge in [-0.1, -0.05) is 20.3 Å². The smallest absolute Gasteiger partial charge is 0.289 e. The van der Waals surface area contributed by atoms with Crippen molar-refractivity contribution < 1.29 is 14.4 Å². The first kappa shape index (κ1) is 16.2. The van der Waals surface area contributed by atoms with E-state index in [-0.39, 0.29) is 12.5 Å². The third-order valence-corrected chi connectivity index (χ3v) is 4.04. The summed E-state index contributed by atoms with van der Waals surface area (Å²) in [6.45, 7) is 6.68. The van der Waals surface area contributed by atoms with E-state index >= 15 is 0 Å². The number of hydrogen-bond donors (Lipinski definition) is 2. The Morgan fingerprint density at radius 2 is 2.14 bits per heavy atom. The van der Waals surface area contributed by atoms with E-state index in [1.54, 1.807) is 0 Å². The van der Waals surface area contributed by atoms with Gasteiger partial charge in [0, 0.05) is 37.7 Å². The maximum Gasteiger partial charge on any atom is 0.289 e. The average molecular weight is 306 g/mol. The molecule has 1 unspecified atom stereocenters. The second-order valence-corrected chi connectivity index (χ2v) is 5.79. The quantitative estimate of drug-likeness (QED) is 0.781. The summed E-state index contributed by atoms with van der Waals surface area (Å²) in [7, 11) is 0. The lowest BCUT2D eigenvalue weighted by molar-refractivity contribution is -0.144. The zero-order valence-corrected chi connectivity index (χ0v) is 13.2. The highest BCUT2D eigenvalue weighted by Gasteiger charge is 2.29. The predicted molar refractivity (Wildman–Crippen MR) is 80.2 cm³/mol. The zero-order chi connectivity index (χ0) is 16.3. The first-order valence-electron chi connectivity index (χ1n) is 7.58. The highest BCUT2D eigenvalue weighted by molar-refractivity contribution is 6.35. The number of carbonyl (C=O) groups excluding carboxylic acids is 3. The molecule has 0 bridgehead atoms. The molecule has 0 saturated carbocycles. The topological polar surface area (TPSA) is 95.2 Å². The molecule has 7 nitrogen and oxygen atoms in total. The van der Waals surface area contributed by atoms with E-state index in [1.807, 2.05) is 0 Å². The molecule has 0 saturated heterocycles. The Morgan fingerprint density at radius 1 is 1.41 bits per heavy atom. The Hall–Kier alpha value is -2.18. The monoisotopic (exact) mass is 306 g/mol. The van der Waals surface area contributed by atoms with Crippen molar-refractivity contribution in [3.8, 4) is 0 Å². The molecule has 120 valence electrons. The van der Waals surface area contributed by atoms with Crippen LogP contribution in [0.1, 0.15) is 48.9 Å². The van der Waals surface area contributed by atoms with Gasteiger partial charge in [-0.15, -0.1) is 0 Å². The number of fused-ring (bicyclic) bond motifs is 1. The van der Waals surface area contributed by atoms with Crippen LogP contribution < -0.4 is 5.32 Å². The van der Waals surface area contributed by atoms with Crippen LogP contribution in [0.25, 0.3) is 0 Å². The van der Waals surface area contributed by atoms with Crippen LogP contribution >= 0.6 is 0 Å². The summed E-state index contributed by atoms with van der Waals surface area (Å²) in [6.07, 6.45) is 1.56. The molecule has 2 rings (SSSR count). The summed E-state index contributed by atoms with van der Waals surface area (Å²) in [5, 5.41) is 9.80. The number of hydrogen-bond acceptors (Lipinski definition) is 4. The van der Waals surface area contributed by atoms with E-state index in [9.17, 15) is 14.4 Å². The van der Waals surface area contributed by atoms with Gasteiger partial charge in [-0.3, -0.25) is 19.5 Å². The lowest BCUT2D eigenvalue weighted by Crippen LogP contribution is -2.40. The van der Waals surface area contributed by atoms with Crippen LogP contribution in [0.2, 0.25) is 0 Å². The maximum absolute atomic E-state index is 12.2. The van der Waals surface area contributed by atoms with Crippen molar-refractivity contribution in [2.24, 2.45) is 5.92 Å². The van der Waals surface area contributed by atoms with Gasteiger partial charge in [-0.2, -0.15) is 5.10 Å². The second-order valence-electron chi connectivity index (χ2n) is 5.79. The Bertz CT molecular complexity index is 594. The largest absolute Gasteiger partial charge is 0.350 e. The van der Waals surface area contributed by atoms with Crippen molar-refractivity contribution in [2.45, 2.75) is 40.2 Å². The number of H-pyrrole nitrogens is 1. The lowest BCUT2D eigenvalue weighted by Gasteiger charge is -2.26. The van der Waals surface area contributed by atoms with E-state index in [4.69, 9.17) is 0 Å². The first-order valence-corrected chi connectivity index (χ1v) is 7.58. The number of Topliss-reactive ketones (excluding diaryl/α,β-unsaturated/α-hetero) is 1. The van der Waals surface area contributed by atoms with Crippen molar-refractivity contribution in [3.63, 3.8) is 0 Å². The summed E-state index contributed by atoms with van der Waals surface area (Å²) in [4.78, 5) is 36.7. The lowest BCUT2D eigenvalue weighted by atomic mass is 10.0. The van der Waals surface area contributed by atoms with Crippen LogP contribution in [-0.2, 0) is 22.6 Å². The number of nitrogens with zero attached hydrogens (tertiary/aromatic N) is 2. The van der Waals surface area contributed by atoms with Gasteiger partial charge in [0.15, 0.2) is 5.69 Å². The van der Waals surface area contributed by atoms with Crippen LogP contribution in [0.3, 0.4) is 0 Å². The van der Waals surface area contributed by atoms with Crippen LogP contribution in [0.5, 0.6) is 0 Å². The van der Waals surface area contributed by atoms with Gasteiger partial charge in [-0.05, 0) is 5.92 Å². The molecule has 7 heteroatoms. The van der Waals surface area contributed by atoms with Crippen molar-refractivity contribution in [1.82, 2.24) is 20.4 Å². The number of carbonyl (C=O) groups is 3. The number of aromatic amines is 1. The minimum absolute atomic E-state index is 0.241. The van der Waals surface area contributed by atoms with E-state index in [0.717, 1.165) is 12.1 Å². The van der Waals surface area contributed by atoms with E-state index in [2.05, 4.69) is 29.4 Å². The summed E-state index contributed by atoms with van der Waals surface area (Å²) >= 11 is 0. The SMILES string of the molecule is CCC(C)CNC(=O)c1n[nH]c2c1CN(C(=O)C(C)=O)CC2. The van der Waals surface area contributed by atoms with E-state index in [0.29, 0.717) is 36.7 Å². The molecule has 1 atom stereocenters. The van der Waals surface area contributed by atoms with Crippen molar-refractivity contribution in [3.05, 3.63) is 17.0 Å². The molecule has 1 aliphatic rings. The number of ketones is 1. The standard InChI is InChI=1S/C15H22N4O3/c1-4-9(2)7-16-14(21)13-11-8-19(15(22)10(3)20)6-5-12(11)17-18-13/h9H,4-8H2,1-3H3,(H,16,21)(H,17,18). The predicted octanol–water partition coefficient (Wildman–Crippen LogP) is 0.659. The summed E-state index contributed by atoms with van der Waals surface area (Å²) in [5.74, 6) is -0.850. The minimum Gasteiger partial charge on any atom is -0.350 e. The van der Waals surface area contributed by atoms with Crippen LogP contribution in [0.4, 0.5) is 0 Å². The first-order chi connectivity index (χ1) is 10.4. The molecule has 2 heterocycles. The third kappa shape index (κ3) is 3.35. The fourth-order valence-corrected chi connectivity index (χ4v) is 2.37. The molecule has 1 aliphatic heterocycles. The summed E-state index contributed by atoms with van der Waals surface area (Å²) < 4.78 is 0. The molecule has 2 N–H and O–H groups in total. The average Bonchev–Trinajstić information content (AvgIpc) is 2.94. The molecular formula is C15H22N4O3. The molecule has 1 aromatic rings. The Kier molecular flexibility index (Phi) is 4.95. The van der Waals surface area contributed by atoms with Gasteiger partial charge in [0.1, 0.15) is 0 Å². The Balaban J connectivity index is 2.11. The molecular weight excluding hydrogens is 284 g/mol. The van der Waals surface area contributed by atoms with Crippen LogP contribution in [0, 0.1) is 5.92 Å². The molecule has 0 spiro atoms. The molecule has 0 aliphatic carbocycles. The summed E-state index contributed by atoms with van der Waals surface area (Å²) in [6, 6.07) is 0. The zero-order valence-electron chi connectivity index (χ0n) is 13.2. The fourth-order valence-electron chi connectivity index (χ4n) is 2.37. The maximum atomic E-state index is 12.2. The van der Waals surface area contributed by atoms with Gasteiger partial charge in [0.25, 0.3) is 11.8 Å². The number of rotatable bonds is 5. The van der Waals surface area contributed by atoms with Gasteiger partial charge < -0.3 is 10.2 Å². The molecule has 22 heavy (non-hydrogen) atoms.